The van der Waals surface area contributed by atoms with E-state index in [-0.39, 0.29) is 57.1 Å². The molecule has 6 atom stereocenters. The molecule has 3 aliphatic rings. The lowest BCUT2D eigenvalue weighted by Gasteiger charge is -2.60. The number of hydrogen-bond acceptors (Lipinski definition) is 11. The van der Waals surface area contributed by atoms with Crippen LogP contribution in [0.4, 0.5) is 9.18 Å². The Morgan fingerprint density at radius 3 is 2.39 bits per heavy atom. The SMILES string of the molecule is C=CCO[C@@]12Oc3ccc(Oc4ccc(OC)c(C=O)c4)cc3[C@H]3[C@H](CCCCO)[C@@H](CCCCO)C=C(C(=NOC(C)(C)C)C[C@@H]1N(Cc1ccc(F)cc1)C(=O)OCC)[C@H]32. The highest BCUT2D eigenvalue weighted by Gasteiger charge is 2.65. The molecule has 13 heteroatoms. The molecule has 62 heavy (non-hydrogen) atoms. The molecule has 0 bridgehead atoms. The van der Waals surface area contributed by atoms with Crippen molar-refractivity contribution in [2.75, 3.05) is 33.5 Å². The van der Waals surface area contributed by atoms with Gasteiger partial charge in [-0.05, 0) is 125 Å². The number of aliphatic hydroxyl groups excluding tert-OH is 2. The van der Waals surface area contributed by atoms with Gasteiger partial charge >= 0.3 is 6.09 Å². The van der Waals surface area contributed by atoms with Crippen molar-refractivity contribution in [3.05, 3.63) is 107 Å². The number of hydrogen-bond donors (Lipinski definition) is 2. The van der Waals surface area contributed by atoms with Gasteiger partial charge in [0.1, 0.15) is 40.5 Å². The highest BCUT2D eigenvalue weighted by atomic mass is 19.1. The Labute approximate surface area is 364 Å². The molecule has 12 nitrogen and oxygen atoms in total. The maximum Gasteiger partial charge on any atom is 0.410 e. The zero-order chi connectivity index (χ0) is 44.4. The number of carbonyl (C=O) groups excluding carboxylic acids is 2. The Hall–Kier alpha value is -5.24. The third kappa shape index (κ3) is 10.3. The van der Waals surface area contributed by atoms with Crippen LogP contribution in [0.15, 0.2) is 90.1 Å². The fourth-order valence-corrected chi connectivity index (χ4v) is 9.20. The molecular formula is C49H61FN2O10. The zero-order valence-corrected chi connectivity index (χ0v) is 36.5. The molecule has 0 spiro atoms. The molecule has 2 N–H and O–H groups in total. The number of ether oxygens (including phenoxy) is 5. The van der Waals surface area contributed by atoms with Crippen LogP contribution in [-0.4, -0.2) is 84.2 Å². The van der Waals surface area contributed by atoms with Crippen LogP contribution in [0.25, 0.3) is 0 Å². The maximum absolute atomic E-state index is 14.4. The fourth-order valence-electron chi connectivity index (χ4n) is 9.20. The summed E-state index contributed by atoms with van der Waals surface area (Å²) in [7, 11) is 1.50. The highest BCUT2D eigenvalue weighted by Crippen LogP contribution is 2.62. The number of unbranched alkanes of at least 4 members (excludes halogenated alkanes) is 2. The molecule has 0 radical (unpaired) electrons. The Morgan fingerprint density at radius 1 is 1.02 bits per heavy atom. The van der Waals surface area contributed by atoms with Crippen LogP contribution in [0.2, 0.25) is 0 Å². The molecule has 0 unspecified atom stereocenters. The number of aldehydes is 1. The molecule has 334 valence electrons. The van der Waals surface area contributed by atoms with Gasteiger partial charge < -0.3 is 38.7 Å². The summed E-state index contributed by atoms with van der Waals surface area (Å²) >= 11 is 0. The minimum atomic E-state index is -1.53. The summed E-state index contributed by atoms with van der Waals surface area (Å²) in [5.41, 5.74) is 2.73. The van der Waals surface area contributed by atoms with Crippen LogP contribution < -0.4 is 14.2 Å². The fraction of sp³-hybridized carbons (Fsp3) is 0.490. The number of methoxy groups -OCH3 is 1. The van der Waals surface area contributed by atoms with E-state index in [4.69, 9.17) is 33.7 Å². The van der Waals surface area contributed by atoms with Crippen molar-refractivity contribution in [1.82, 2.24) is 4.90 Å². The first-order valence-corrected chi connectivity index (χ1v) is 21.7. The van der Waals surface area contributed by atoms with E-state index in [0.29, 0.717) is 52.7 Å². The lowest BCUT2D eigenvalue weighted by Crippen LogP contribution is -2.70. The van der Waals surface area contributed by atoms with Crippen LogP contribution >= 0.6 is 0 Å². The van der Waals surface area contributed by atoms with Gasteiger partial charge in [-0.1, -0.05) is 42.3 Å². The summed E-state index contributed by atoms with van der Waals surface area (Å²) in [5.74, 6) is -0.928. The van der Waals surface area contributed by atoms with Crippen LogP contribution in [-0.2, 0) is 20.9 Å². The molecule has 1 heterocycles. The maximum atomic E-state index is 14.4. The van der Waals surface area contributed by atoms with Gasteiger partial charge in [0, 0.05) is 37.7 Å². The van der Waals surface area contributed by atoms with Crippen molar-refractivity contribution < 1.29 is 52.7 Å². The predicted molar refractivity (Wildman–Crippen MR) is 233 cm³/mol. The molecule has 0 aromatic heterocycles. The minimum absolute atomic E-state index is 0.0117. The van der Waals surface area contributed by atoms with Gasteiger partial charge in [0.15, 0.2) is 6.29 Å². The third-order valence-electron chi connectivity index (χ3n) is 11.8. The Kier molecular flexibility index (Phi) is 15.5. The summed E-state index contributed by atoms with van der Waals surface area (Å²) in [6.07, 6.45) is 8.50. The summed E-state index contributed by atoms with van der Waals surface area (Å²) in [4.78, 5) is 34.1. The molecule has 3 aromatic rings. The zero-order valence-electron chi connectivity index (χ0n) is 36.5. The van der Waals surface area contributed by atoms with E-state index >= 15 is 0 Å². The average Bonchev–Trinajstić information content (AvgIpc) is 3.25. The summed E-state index contributed by atoms with van der Waals surface area (Å²) < 4.78 is 46.1. The van der Waals surface area contributed by atoms with Crippen LogP contribution in [0.1, 0.15) is 100 Å². The number of fused-ring (bicyclic) bond motifs is 2. The van der Waals surface area contributed by atoms with Gasteiger partial charge in [0.2, 0.25) is 5.79 Å². The van der Waals surface area contributed by atoms with Crippen molar-refractivity contribution in [1.29, 1.82) is 0 Å². The number of allylic oxidation sites excluding steroid dienone is 1. The van der Waals surface area contributed by atoms with E-state index in [2.05, 4.69) is 12.7 Å². The number of benzene rings is 3. The van der Waals surface area contributed by atoms with E-state index in [9.17, 15) is 24.2 Å². The van der Waals surface area contributed by atoms with E-state index < -0.39 is 35.3 Å². The Morgan fingerprint density at radius 2 is 1.73 bits per heavy atom. The minimum Gasteiger partial charge on any atom is -0.496 e. The van der Waals surface area contributed by atoms with Crippen molar-refractivity contribution in [2.45, 2.75) is 103 Å². The highest BCUT2D eigenvalue weighted by molar-refractivity contribution is 6.03. The van der Waals surface area contributed by atoms with Gasteiger partial charge in [-0.25, -0.2) is 9.18 Å². The number of aliphatic hydroxyl groups is 2. The lowest BCUT2D eigenvalue weighted by atomic mass is 9.55. The first-order valence-electron chi connectivity index (χ1n) is 21.7. The van der Waals surface area contributed by atoms with Crippen molar-refractivity contribution in [3.8, 4) is 23.0 Å². The summed E-state index contributed by atoms with van der Waals surface area (Å²) in [5, 5.41) is 24.7. The molecule has 0 saturated heterocycles. The average molecular weight is 857 g/mol. The normalized spacial score (nSPS) is 23.3. The molecule has 2 aliphatic carbocycles. The second-order valence-corrected chi connectivity index (χ2v) is 17.1. The van der Waals surface area contributed by atoms with Crippen molar-refractivity contribution >= 4 is 18.1 Å². The predicted octanol–water partition coefficient (Wildman–Crippen LogP) is 9.53. The van der Waals surface area contributed by atoms with Gasteiger partial charge in [-0.3, -0.25) is 9.69 Å². The first-order chi connectivity index (χ1) is 29.9. The first kappa shape index (κ1) is 46.3. The van der Waals surface area contributed by atoms with E-state index in [1.807, 2.05) is 32.9 Å². The molecule has 1 saturated carbocycles. The van der Waals surface area contributed by atoms with Gasteiger partial charge in [0.25, 0.3) is 0 Å². The monoisotopic (exact) mass is 856 g/mol. The van der Waals surface area contributed by atoms with Crippen molar-refractivity contribution in [3.63, 3.8) is 0 Å². The standard InChI is InChI=1S/C49H61FN2O10/c1-7-25-59-49-44(52(47(56)58-8-2)30-32-15-17-35(50)18-16-32)29-41(51-62-48(3,4)5)39-27-33(13-9-11-23-53)38(14-10-12-24-54)45(46(39)49)40-28-37(20-22-43(40)61-49)60-36-19-21-42(57-6)34(26-36)31-55/h7,15-22,26-28,31,33,38,44-46,53-54H,1,8-14,23-25,29-30H2,2-6H3/t33-,38+,44-,45+,46+,49+/m0/s1. The third-order valence-corrected chi connectivity index (χ3v) is 11.8. The molecule has 6 rings (SSSR count). The molecule has 1 aliphatic heterocycles. The lowest BCUT2D eigenvalue weighted by molar-refractivity contribution is -0.256. The van der Waals surface area contributed by atoms with E-state index in [0.717, 1.165) is 43.1 Å². The number of oxime groups is 1. The number of nitrogens with zero attached hydrogens (tertiary/aromatic N) is 2. The number of amides is 1. The Balaban J connectivity index is 1.61. The van der Waals surface area contributed by atoms with Crippen molar-refractivity contribution in [2.24, 2.45) is 22.9 Å². The van der Waals surface area contributed by atoms with Crippen LogP contribution in [0, 0.1) is 23.6 Å². The van der Waals surface area contributed by atoms with Gasteiger partial charge in [-0.15, -0.1) is 6.58 Å². The number of halogens is 1. The molecule has 1 fully saturated rings. The largest absolute Gasteiger partial charge is 0.496 e. The summed E-state index contributed by atoms with van der Waals surface area (Å²) in [6, 6.07) is 15.8. The van der Waals surface area contributed by atoms with E-state index in [1.165, 1.54) is 19.2 Å². The molecular weight excluding hydrogens is 796 g/mol. The van der Waals surface area contributed by atoms with Crippen LogP contribution in [0.5, 0.6) is 23.0 Å². The van der Waals surface area contributed by atoms with Gasteiger partial charge in [0.05, 0.1) is 37.5 Å². The van der Waals surface area contributed by atoms with Crippen LogP contribution in [0.3, 0.4) is 0 Å². The Bertz CT molecular complexity index is 2080. The quantitative estimate of drug-likeness (QED) is 0.0488. The van der Waals surface area contributed by atoms with Gasteiger partial charge in [-0.2, -0.15) is 0 Å². The second-order valence-electron chi connectivity index (χ2n) is 17.1. The number of carbonyl (C=O) groups is 2. The summed E-state index contributed by atoms with van der Waals surface area (Å²) in [6.45, 7) is 11.9. The topological polar surface area (TPSA) is 146 Å². The second kappa shape index (κ2) is 20.8. The van der Waals surface area contributed by atoms with E-state index in [1.54, 1.807) is 54.3 Å². The number of rotatable bonds is 20. The molecule has 1 amide bonds. The molecule has 3 aromatic carbocycles. The smallest absolute Gasteiger partial charge is 0.410 e.